The molecular formula is C37H43BrN10O4S3. The molecule has 3 aromatic heterocycles. The van der Waals surface area contributed by atoms with Crippen LogP contribution in [0.1, 0.15) is 47.4 Å². The number of nitrogens with zero attached hydrogens (tertiary/aromatic N) is 6. The fourth-order valence-corrected chi connectivity index (χ4v) is 8.18. The maximum absolute atomic E-state index is 12.7. The summed E-state index contributed by atoms with van der Waals surface area (Å²) in [6.45, 7) is 13.7. The van der Waals surface area contributed by atoms with E-state index in [0.29, 0.717) is 46.6 Å². The second kappa shape index (κ2) is 18.3. The summed E-state index contributed by atoms with van der Waals surface area (Å²) < 4.78 is 10.3. The molecule has 4 N–H and O–H groups in total. The van der Waals surface area contributed by atoms with Crippen LogP contribution in [0.3, 0.4) is 0 Å². The molecule has 2 aromatic carbocycles. The van der Waals surface area contributed by atoms with Crippen LogP contribution in [0.4, 0.5) is 37.7 Å². The summed E-state index contributed by atoms with van der Waals surface area (Å²) in [5.74, 6) is -0.454. The highest BCUT2D eigenvalue weighted by Gasteiger charge is 2.27. The second-order valence-corrected chi connectivity index (χ2v) is 17.4. The van der Waals surface area contributed by atoms with Crippen LogP contribution in [0.2, 0.25) is 0 Å². The predicted molar refractivity (Wildman–Crippen MR) is 226 cm³/mol. The fourth-order valence-electron chi connectivity index (χ4n) is 5.76. The van der Waals surface area contributed by atoms with Crippen molar-refractivity contribution in [2.75, 3.05) is 78.1 Å². The number of carbonyl (C=O) groups is 3. The highest BCUT2D eigenvalue weighted by molar-refractivity contribution is 9.11. The van der Waals surface area contributed by atoms with Crippen molar-refractivity contribution < 1.29 is 19.1 Å². The van der Waals surface area contributed by atoms with Gasteiger partial charge in [0.05, 0.1) is 28.4 Å². The van der Waals surface area contributed by atoms with E-state index in [1.165, 1.54) is 34.2 Å². The van der Waals surface area contributed by atoms with Crippen molar-refractivity contribution in [1.82, 2.24) is 24.6 Å². The number of nitrogens with one attached hydrogen (secondary N) is 4. The van der Waals surface area contributed by atoms with Crippen LogP contribution in [0, 0.1) is 6.92 Å². The van der Waals surface area contributed by atoms with Crippen LogP contribution in [0.25, 0.3) is 0 Å². The monoisotopic (exact) mass is 866 g/mol. The van der Waals surface area contributed by atoms with Crippen LogP contribution < -0.4 is 31.1 Å². The van der Waals surface area contributed by atoms with Gasteiger partial charge in [0.15, 0.2) is 9.05 Å². The van der Waals surface area contributed by atoms with Crippen molar-refractivity contribution in [3.63, 3.8) is 0 Å². The molecule has 18 heteroatoms. The highest BCUT2D eigenvalue weighted by Crippen LogP contribution is 2.30. The Labute approximate surface area is 340 Å². The van der Waals surface area contributed by atoms with E-state index in [1.54, 1.807) is 15.7 Å². The van der Waals surface area contributed by atoms with E-state index in [-0.39, 0.29) is 17.9 Å². The minimum absolute atomic E-state index is 0.206. The SMILES string of the molecule is CC(C)(C)OC(=O)N1CCN(c2ccccc2NC(=O)c2csc(Br)n2)CC1.Cc1cc(Nc2nc(C(=O)Nc3ccccc3N3CCNCC3)cs2)sn1. The minimum Gasteiger partial charge on any atom is -0.444 e. The Balaban J connectivity index is 0.000000187. The molecule has 0 atom stereocenters. The lowest BCUT2D eigenvalue weighted by molar-refractivity contribution is 0.0240. The van der Waals surface area contributed by atoms with Gasteiger partial charge in [-0.2, -0.15) is 4.37 Å². The van der Waals surface area contributed by atoms with Crippen molar-refractivity contribution >= 4 is 101 Å². The number of benzene rings is 2. The van der Waals surface area contributed by atoms with E-state index in [4.69, 9.17) is 4.74 Å². The maximum Gasteiger partial charge on any atom is 0.410 e. The Morgan fingerprint density at radius 3 is 1.91 bits per heavy atom. The third kappa shape index (κ3) is 11.2. The molecule has 5 heterocycles. The largest absolute Gasteiger partial charge is 0.444 e. The standard InChI is InChI=1S/C19H23BrN4O3S.C18H20N6OS2/c1-19(2,3)27-18(26)24-10-8-23(9-11-24)15-7-5-4-6-13(15)21-16(25)14-12-28-17(20)22-14;1-12-10-16(27-23-12)22-18-21-14(11-26-18)17(25)20-13-4-2-3-5-15(13)24-8-6-19-7-9-24/h4-7,12H,8-11H2,1-3H3,(H,21,25);2-5,10-11,19H,6-9H2,1H3,(H,20,25)(H,21,22). The Morgan fingerprint density at radius 1 is 0.800 bits per heavy atom. The van der Waals surface area contributed by atoms with Gasteiger partial charge < -0.3 is 40.7 Å². The predicted octanol–water partition coefficient (Wildman–Crippen LogP) is 7.53. The molecule has 2 fully saturated rings. The van der Waals surface area contributed by atoms with Gasteiger partial charge in [-0.1, -0.05) is 24.3 Å². The van der Waals surface area contributed by atoms with Crippen LogP contribution in [0.5, 0.6) is 0 Å². The van der Waals surface area contributed by atoms with Crippen molar-refractivity contribution in [1.29, 1.82) is 0 Å². The number of anilines is 6. The first-order valence-corrected chi connectivity index (χ1v) is 21.0. The number of aromatic nitrogens is 3. The topological polar surface area (TPSA) is 157 Å². The maximum atomic E-state index is 12.7. The number of para-hydroxylation sites is 4. The van der Waals surface area contributed by atoms with Crippen LogP contribution in [0.15, 0.2) is 69.3 Å². The number of rotatable bonds is 8. The molecule has 7 rings (SSSR count). The van der Waals surface area contributed by atoms with E-state index < -0.39 is 5.60 Å². The lowest BCUT2D eigenvalue weighted by atomic mass is 10.2. The number of ether oxygens (including phenoxy) is 1. The average Bonchev–Trinajstić information content (AvgIpc) is 3.94. The number of halogens is 1. The molecule has 0 aliphatic carbocycles. The van der Waals surface area contributed by atoms with E-state index in [9.17, 15) is 14.4 Å². The van der Waals surface area contributed by atoms with Crippen LogP contribution >= 0.6 is 50.1 Å². The number of hydrogen-bond donors (Lipinski definition) is 4. The molecule has 14 nitrogen and oxygen atoms in total. The number of thiazole rings is 2. The van der Waals surface area contributed by atoms with Gasteiger partial charge in [-0.15, -0.1) is 22.7 Å². The van der Waals surface area contributed by atoms with Gasteiger partial charge >= 0.3 is 6.09 Å². The molecule has 0 spiro atoms. The molecule has 2 aliphatic rings. The molecule has 0 radical (unpaired) electrons. The molecule has 55 heavy (non-hydrogen) atoms. The molecule has 5 aromatic rings. The summed E-state index contributed by atoms with van der Waals surface area (Å²) in [6.07, 6.45) is -0.289. The van der Waals surface area contributed by atoms with E-state index in [2.05, 4.69) is 61.3 Å². The van der Waals surface area contributed by atoms with Gasteiger partial charge in [-0.05, 0) is 85.5 Å². The molecule has 0 unspecified atom stereocenters. The van der Waals surface area contributed by atoms with Gasteiger partial charge in [0.1, 0.15) is 22.0 Å². The average molecular weight is 868 g/mol. The smallest absolute Gasteiger partial charge is 0.410 e. The number of aryl methyl sites for hydroxylation is 1. The summed E-state index contributed by atoms with van der Waals surface area (Å²) in [4.78, 5) is 52.1. The summed E-state index contributed by atoms with van der Waals surface area (Å²) in [5.41, 5.74) is 4.74. The van der Waals surface area contributed by atoms with E-state index in [0.717, 1.165) is 59.6 Å². The number of piperazine rings is 2. The fraction of sp³-hybridized carbons (Fsp3) is 0.351. The number of carbonyl (C=O) groups excluding carboxylic acids is 3. The second-order valence-electron chi connectivity index (χ2n) is 13.6. The molecule has 2 aliphatic heterocycles. The first-order chi connectivity index (χ1) is 26.4. The Bertz CT molecular complexity index is 2080. The first-order valence-electron chi connectivity index (χ1n) is 17.7. The number of amides is 3. The zero-order chi connectivity index (χ0) is 39.0. The lowest BCUT2D eigenvalue weighted by Crippen LogP contribution is -2.50. The zero-order valence-electron chi connectivity index (χ0n) is 30.9. The molecule has 0 saturated carbocycles. The van der Waals surface area contributed by atoms with Crippen LogP contribution in [-0.4, -0.2) is 95.1 Å². The minimum atomic E-state index is -0.504. The molecule has 290 valence electrons. The van der Waals surface area contributed by atoms with Gasteiger partial charge in [0.25, 0.3) is 11.8 Å². The van der Waals surface area contributed by atoms with Crippen LogP contribution in [-0.2, 0) is 4.74 Å². The van der Waals surface area contributed by atoms with Crippen molar-refractivity contribution in [2.45, 2.75) is 33.3 Å². The van der Waals surface area contributed by atoms with Crippen molar-refractivity contribution in [2.24, 2.45) is 0 Å². The summed E-state index contributed by atoms with van der Waals surface area (Å²) in [5, 5.41) is 17.6. The quantitative estimate of drug-likeness (QED) is 0.122. The zero-order valence-corrected chi connectivity index (χ0v) is 35.0. The normalized spacial score (nSPS) is 14.5. The molecule has 2 saturated heterocycles. The molecule has 0 bridgehead atoms. The third-order valence-corrected chi connectivity index (χ3v) is 11.3. The Hall–Kier alpha value is -4.62. The van der Waals surface area contributed by atoms with E-state index in [1.807, 2.05) is 82.3 Å². The summed E-state index contributed by atoms with van der Waals surface area (Å²) in [6, 6.07) is 17.5. The van der Waals surface area contributed by atoms with Gasteiger partial charge in [-0.25, -0.2) is 14.8 Å². The third-order valence-electron chi connectivity index (χ3n) is 8.34. The molecule has 3 amide bonds. The van der Waals surface area contributed by atoms with E-state index >= 15 is 0 Å². The summed E-state index contributed by atoms with van der Waals surface area (Å²) in [7, 11) is 0. The lowest BCUT2D eigenvalue weighted by Gasteiger charge is -2.37. The highest BCUT2D eigenvalue weighted by atomic mass is 79.9. The Morgan fingerprint density at radius 2 is 1.36 bits per heavy atom. The van der Waals surface area contributed by atoms with Crippen molar-refractivity contribution in [3.05, 3.63) is 86.4 Å². The van der Waals surface area contributed by atoms with Gasteiger partial charge in [-0.3, -0.25) is 9.59 Å². The summed E-state index contributed by atoms with van der Waals surface area (Å²) >= 11 is 7.42. The number of hydrogen-bond acceptors (Lipinski definition) is 14. The Kier molecular flexibility index (Phi) is 13.4. The van der Waals surface area contributed by atoms with Gasteiger partial charge in [0, 0.05) is 63.1 Å². The van der Waals surface area contributed by atoms with Crippen molar-refractivity contribution in [3.8, 4) is 0 Å². The first kappa shape index (κ1) is 40.1. The van der Waals surface area contributed by atoms with Gasteiger partial charge in [0.2, 0.25) is 0 Å². The molecular weight excluding hydrogens is 825 g/mol.